The second kappa shape index (κ2) is 9.24. The second-order valence-electron chi connectivity index (χ2n) is 6.26. The van der Waals surface area contributed by atoms with Crippen molar-refractivity contribution >= 4 is 11.8 Å². The van der Waals surface area contributed by atoms with E-state index in [1.807, 2.05) is 60.7 Å². The van der Waals surface area contributed by atoms with E-state index in [-0.39, 0.29) is 6.03 Å². The Bertz CT molecular complexity index is 960. The second-order valence-corrected chi connectivity index (χ2v) is 6.26. The van der Waals surface area contributed by atoms with Gasteiger partial charge in [0, 0.05) is 13.1 Å². The summed E-state index contributed by atoms with van der Waals surface area (Å²) in [6.07, 6.45) is 1.20. The number of para-hydroxylation sites is 1. The average Bonchev–Trinajstić information content (AvgIpc) is 3.06. The lowest BCUT2D eigenvalue weighted by atomic mass is 10.1. The number of nitrogens with two attached hydrogens (primary N) is 1. The third-order valence-electron chi connectivity index (χ3n) is 4.28. The molecule has 2 aromatic carbocycles. The number of aryl methyl sites for hydroxylation is 1. The molecule has 0 unspecified atom stereocenters. The molecule has 3 aromatic rings. The Morgan fingerprint density at radius 2 is 1.75 bits per heavy atom. The van der Waals surface area contributed by atoms with E-state index in [2.05, 4.69) is 21.8 Å². The van der Waals surface area contributed by atoms with Crippen LogP contribution in [0.25, 0.3) is 5.69 Å². The molecule has 1 heterocycles. The summed E-state index contributed by atoms with van der Waals surface area (Å²) in [6.45, 7) is 0.951. The summed E-state index contributed by atoms with van der Waals surface area (Å²) < 4.78 is 1.58. The molecule has 3 rings (SSSR count). The Hall–Kier alpha value is -3.79. The molecule has 0 radical (unpaired) electrons. The van der Waals surface area contributed by atoms with Gasteiger partial charge in [0.25, 0.3) is 0 Å². The van der Waals surface area contributed by atoms with Gasteiger partial charge in [-0.15, -0.1) is 0 Å². The van der Waals surface area contributed by atoms with Crippen LogP contribution in [-0.2, 0) is 13.0 Å². The molecule has 4 N–H and O–H groups in total. The molecule has 0 bridgehead atoms. The van der Waals surface area contributed by atoms with E-state index >= 15 is 0 Å². The lowest BCUT2D eigenvalue weighted by molar-refractivity contribution is 0.240. The number of benzene rings is 2. The van der Waals surface area contributed by atoms with Crippen LogP contribution in [0, 0.1) is 11.3 Å². The molecular weight excluding hydrogens is 352 g/mol. The topological polar surface area (TPSA) is 109 Å². The van der Waals surface area contributed by atoms with Crippen LogP contribution in [0.4, 0.5) is 10.6 Å². The molecule has 142 valence electrons. The molecule has 7 nitrogen and oxygen atoms in total. The molecular formula is C21H22N6O. The van der Waals surface area contributed by atoms with Gasteiger partial charge < -0.3 is 16.4 Å². The zero-order valence-corrected chi connectivity index (χ0v) is 15.4. The van der Waals surface area contributed by atoms with Gasteiger partial charge >= 0.3 is 6.03 Å². The molecule has 0 fully saturated rings. The number of anilines is 1. The average molecular weight is 374 g/mol. The molecule has 0 saturated heterocycles. The number of nitrogens with one attached hydrogen (secondary N) is 2. The van der Waals surface area contributed by atoms with Crippen LogP contribution >= 0.6 is 0 Å². The van der Waals surface area contributed by atoms with Crippen molar-refractivity contribution in [3.63, 3.8) is 0 Å². The van der Waals surface area contributed by atoms with Crippen molar-refractivity contribution in [3.8, 4) is 11.8 Å². The number of hydrogen-bond acceptors (Lipinski definition) is 4. The van der Waals surface area contributed by atoms with Crippen molar-refractivity contribution in [1.29, 1.82) is 5.26 Å². The first-order valence-electron chi connectivity index (χ1n) is 9.07. The van der Waals surface area contributed by atoms with Crippen LogP contribution in [0.1, 0.15) is 23.2 Å². The number of nitrogens with zero attached hydrogens (tertiary/aromatic N) is 3. The van der Waals surface area contributed by atoms with Crippen molar-refractivity contribution in [2.24, 2.45) is 0 Å². The predicted octanol–water partition coefficient (Wildman–Crippen LogP) is 2.76. The van der Waals surface area contributed by atoms with Crippen LogP contribution in [0.5, 0.6) is 0 Å². The van der Waals surface area contributed by atoms with Gasteiger partial charge in [-0.1, -0.05) is 48.5 Å². The molecule has 0 saturated carbocycles. The highest BCUT2D eigenvalue weighted by atomic mass is 16.2. The molecule has 0 aliphatic heterocycles. The fourth-order valence-corrected chi connectivity index (χ4v) is 2.84. The van der Waals surface area contributed by atoms with E-state index in [4.69, 9.17) is 5.73 Å². The Labute approximate surface area is 163 Å². The minimum absolute atomic E-state index is 0.223. The molecule has 2 amide bonds. The number of rotatable bonds is 7. The maximum atomic E-state index is 11.9. The van der Waals surface area contributed by atoms with Gasteiger partial charge in [0.05, 0.1) is 11.4 Å². The number of carbonyl (C=O) groups is 1. The van der Waals surface area contributed by atoms with Gasteiger partial charge in [0.15, 0.2) is 0 Å². The lowest BCUT2D eigenvalue weighted by Gasteiger charge is -2.07. The highest BCUT2D eigenvalue weighted by Gasteiger charge is 2.16. The fourth-order valence-electron chi connectivity index (χ4n) is 2.84. The number of aromatic nitrogens is 2. The summed E-state index contributed by atoms with van der Waals surface area (Å²) in [5, 5.41) is 19.5. The summed E-state index contributed by atoms with van der Waals surface area (Å²) in [5.41, 5.74) is 8.96. The van der Waals surface area contributed by atoms with Crippen molar-refractivity contribution in [3.05, 3.63) is 77.5 Å². The van der Waals surface area contributed by atoms with E-state index in [1.165, 1.54) is 0 Å². The molecule has 0 spiro atoms. The minimum Gasteiger partial charge on any atom is -0.382 e. The highest BCUT2D eigenvalue weighted by molar-refractivity contribution is 5.73. The van der Waals surface area contributed by atoms with Crippen LogP contribution in [0.2, 0.25) is 0 Å². The number of nitrogen functional groups attached to an aromatic ring is 1. The number of urea groups is 1. The van der Waals surface area contributed by atoms with Crippen molar-refractivity contribution in [2.45, 2.75) is 19.4 Å². The molecule has 1 aromatic heterocycles. The quantitative estimate of drug-likeness (QED) is 0.553. The van der Waals surface area contributed by atoms with Gasteiger partial charge in [-0.3, -0.25) is 0 Å². The summed E-state index contributed by atoms with van der Waals surface area (Å²) in [7, 11) is 0. The van der Waals surface area contributed by atoms with Crippen LogP contribution < -0.4 is 16.4 Å². The molecule has 0 aliphatic carbocycles. The lowest BCUT2D eigenvalue weighted by Crippen LogP contribution is -2.35. The van der Waals surface area contributed by atoms with E-state index in [1.54, 1.807) is 4.68 Å². The third kappa shape index (κ3) is 4.68. The van der Waals surface area contributed by atoms with Gasteiger partial charge in [0.1, 0.15) is 17.5 Å². The first-order chi connectivity index (χ1) is 13.7. The number of amides is 2. The summed E-state index contributed by atoms with van der Waals surface area (Å²) >= 11 is 0. The Balaban J connectivity index is 1.51. The number of hydrogen-bond donors (Lipinski definition) is 3. The maximum Gasteiger partial charge on any atom is 0.315 e. The van der Waals surface area contributed by atoms with Gasteiger partial charge in [0.2, 0.25) is 0 Å². The van der Waals surface area contributed by atoms with Gasteiger partial charge in [-0.2, -0.15) is 10.4 Å². The Morgan fingerprint density at radius 3 is 2.43 bits per heavy atom. The Morgan fingerprint density at radius 1 is 1.07 bits per heavy atom. The van der Waals surface area contributed by atoms with Crippen molar-refractivity contribution in [1.82, 2.24) is 20.4 Å². The largest absolute Gasteiger partial charge is 0.382 e. The standard InChI is InChI=1S/C21H22N6O/c22-14-18-19(26-27(20(18)23)17-10-5-2-6-11-17)12-7-13-24-21(28)25-15-16-8-3-1-4-9-16/h1-6,8-11H,7,12-13,15,23H2,(H2,24,25,28). The number of carbonyl (C=O) groups excluding carboxylic acids is 1. The third-order valence-corrected chi connectivity index (χ3v) is 4.28. The van der Waals surface area contributed by atoms with Crippen LogP contribution in [0.3, 0.4) is 0 Å². The first-order valence-corrected chi connectivity index (χ1v) is 9.07. The molecule has 7 heteroatoms. The maximum absolute atomic E-state index is 11.9. The van der Waals surface area contributed by atoms with Crippen molar-refractivity contribution < 1.29 is 4.79 Å². The summed E-state index contributed by atoms with van der Waals surface area (Å²) in [4.78, 5) is 11.9. The zero-order chi connectivity index (χ0) is 19.8. The monoisotopic (exact) mass is 374 g/mol. The number of nitriles is 1. The van der Waals surface area contributed by atoms with E-state index in [9.17, 15) is 10.1 Å². The van der Waals surface area contributed by atoms with Crippen LogP contribution in [0.15, 0.2) is 60.7 Å². The van der Waals surface area contributed by atoms with E-state index in [0.717, 1.165) is 11.3 Å². The fraction of sp³-hybridized carbons (Fsp3) is 0.190. The molecule has 0 atom stereocenters. The Kier molecular flexibility index (Phi) is 6.26. The smallest absolute Gasteiger partial charge is 0.315 e. The predicted molar refractivity (Wildman–Crippen MR) is 108 cm³/mol. The van der Waals surface area contributed by atoms with Crippen molar-refractivity contribution in [2.75, 3.05) is 12.3 Å². The van der Waals surface area contributed by atoms with E-state index < -0.39 is 0 Å². The van der Waals surface area contributed by atoms with E-state index in [0.29, 0.717) is 43.0 Å². The van der Waals surface area contributed by atoms with Crippen LogP contribution in [-0.4, -0.2) is 22.4 Å². The zero-order valence-electron chi connectivity index (χ0n) is 15.4. The summed E-state index contributed by atoms with van der Waals surface area (Å²) in [6, 6.07) is 21.1. The first kappa shape index (κ1) is 19.0. The van der Waals surface area contributed by atoms with Gasteiger partial charge in [-0.25, -0.2) is 9.48 Å². The molecule has 0 aliphatic rings. The minimum atomic E-state index is -0.223. The highest BCUT2D eigenvalue weighted by Crippen LogP contribution is 2.21. The molecule has 28 heavy (non-hydrogen) atoms. The van der Waals surface area contributed by atoms with Gasteiger partial charge in [-0.05, 0) is 30.5 Å². The SMILES string of the molecule is N#Cc1c(CCCNC(=O)NCc2ccccc2)nn(-c2ccccc2)c1N. The normalized spacial score (nSPS) is 10.2. The summed E-state index contributed by atoms with van der Waals surface area (Å²) in [5.74, 6) is 0.331.